The molecule has 5 aromatic rings. The molecular weight excluding hydrogens is 480 g/mol. The van der Waals surface area contributed by atoms with E-state index >= 15 is 0 Å². The summed E-state index contributed by atoms with van der Waals surface area (Å²) in [7, 11) is 0. The highest BCUT2D eigenvalue weighted by Crippen LogP contribution is 2.38. The summed E-state index contributed by atoms with van der Waals surface area (Å²) in [5.74, 6) is 0. The molecule has 0 aliphatic carbocycles. The Labute approximate surface area is 208 Å². The van der Waals surface area contributed by atoms with Crippen LogP contribution in [-0.4, -0.2) is 6.54 Å². The average Bonchev–Trinajstić information content (AvgIpc) is 3.70. The maximum absolute atomic E-state index is 3.77. The molecule has 0 radical (unpaired) electrons. The number of rotatable bonds is 5. The molecular formula is C31H24BrN2+. The third-order valence-corrected chi connectivity index (χ3v) is 7.12. The third kappa shape index (κ3) is 3.93. The summed E-state index contributed by atoms with van der Waals surface area (Å²) in [6.45, 7) is 0.970. The lowest BCUT2D eigenvalue weighted by Gasteiger charge is -2.13. The monoisotopic (exact) mass is 503 g/mol. The molecule has 1 atom stereocenters. The van der Waals surface area contributed by atoms with Crippen LogP contribution in [0.1, 0.15) is 11.6 Å². The van der Waals surface area contributed by atoms with Gasteiger partial charge >= 0.3 is 0 Å². The van der Waals surface area contributed by atoms with E-state index in [0.29, 0.717) is 6.04 Å². The minimum Gasteiger partial charge on any atom is -0.168 e. The van der Waals surface area contributed by atoms with Crippen molar-refractivity contribution in [3.8, 4) is 33.6 Å². The summed E-state index contributed by atoms with van der Waals surface area (Å²) >= 11 is 3.77. The van der Waals surface area contributed by atoms with Crippen LogP contribution in [-0.2, 0) is 0 Å². The second kappa shape index (κ2) is 8.92. The first-order valence-electron chi connectivity index (χ1n) is 11.6. The molecule has 2 heterocycles. The van der Waals surface area contributed by atoms with E-state index in [-0.39, 0.29) is 0 Å². The maximum atomic E-state index is 3.77. The lowest BCUT2D eigenvalue weighted by atomic mass is 9.99. The van der Waals surface area contributed by atoms with Crippen LogP contribution in [0.15, 0.2) is 132 Å². The van der Waals surface area contributed by atoms with E-state index in [0.717, 1.165) is 11.0 Å². The number of pyridine rings is 1. The molecule has 0 bridgehead atoms. The highest BCUT2D eigenvalue weighted by atomic mass is 79.9. The minimum absolute atomic E-state index is 0.327. The van der Waals surface area contributed by atoms with Gasteiger partial charge in [0.25, 0.3) is 0 Å². The summed E-state index contributed by atoms with van der Waals surface area (Å²) in [6.07, 6.45) is 0. The number of hydrogen-bond acceptors (Lipinski definition) is 1. The molecule has 1 aliphatic rings. The molecule has 1 saturated heterocycles. The maximum Gasteiger partial charge on any atom is 0.243 e. The Morgan fingerprint density at radius 2 is 1.03 bits per heavy atom. The van der Waals surface area contributed by atoms with Gasteiger partial charge in [-0.15, -0.1) is 0 Å². The molecule has 0 N–H and O–H groups in total. The van der Waals surface area contributed by atoms with Crippen LogP contribution < -0.4 is 9.69 Å². The predicted octanol–water partition coefficient (Wildman–Crippen LogP) is 7.43. The Morgan fingerprint density at radius 3 is 1.56 bits per heavy atom. The van der Waals surface area contributed by atoms with Crippen LogP contribution in [0.4, 0.5) is 0 Å². The Kier molecular flexibility index (Phi) is 5.48. The van der Waals surface area contributed by atoms with Crippen molar-refractivity contribution >= 4 is 15.9 Å². The summed E-state index contributed by atoms with van der Waals surface area (Å²) in [4.78, 5) is 0. The zero-order chi connectivity index (χ0) is 22.9. The first kappa shape index (κ1) is 20.9. The van der Waals surface area contributed by atoms with E-state index < -0.39 is 0 Å². The van der Waals surface area contributed by atoms with Crippen LogP contribution >= 0.6 is 15.9 Å². The molecule has 0 spiro atoms. The van der Waals surface area contributed by atoms with Crippen LogP contribution in [0.3, 0.4) is 0 Å². The number of hydrogen-bond donors (Lipinski definition) is 0. The largest absolute Gasteiger partial charge is 0.243 e. The van der Waals surface area contributed by atoms with Gasteiger partial charge in [-0.05, 0) is 47.0 Å². The van der Waals surface area contributed by atoms with E-state index in [1.54, 1.807) is 0 Å². The molecule has 34 heavy (non-hydrogen) atoms. The number of nitrogens with zero attached hydrogens (tertiary/aromatic N) is 2. The zero-order valence-corrected chi connectivity index (χ0v) is 20.3. The second-order valence-corrected chi connectivity index (χ2v) is 9.44. The number of halogens is 1. The van der Waals surface area contributed by atoms with Gasteiger partial charge in [-0.1, -0.05) is 106 Å². The smallest absolute Gasteiger partial charge is 0.168 e. The first-order valence-corrected chi connectivity index (χ1v) is 12.4. The highest BCUT2D eigenvalue weighted by Gasteiger charge is 2.47. The van der Waals surface area contributed by atoms with E-state index in [2.05, 4.69) is 153 Å². The zero-order valence-electron chi connectivity index (χ0n) is 18.7. The Bertz CT molecular complexity index is 1370. The molecule has 1 aliphatic heterocycles. The fraction of sp³-hybridized carbons (Fsp3) is 0.0645. The quantitative estimate of drug-likeness (QED) is 0.178. The van der Waals surface area contributed by atoms with Crippen LogP contribution in [0.25, 0.3) is 33.6 Å². The van der Waals surface area contributed by atoms with Gasteiger partial charge in [0.05, 0.1) is 0 Å². The van der Waals surface area contributed by atoms with Gasteiger partial charge in [-0.2, -0.15) is 5.01 Å². The number of benzene rings is 4. The highest BCUT2D eigenvalue weighted by molar-refractivity contribution is 9.10. The van der Waals surface area contributed by atoms with Gasteiger partial charge in [0.2, 0.25) is 11.4 Å². The van der Waals surface area contributed by atoms with Gasteiger partial charge in [-0.25, -0.2) is 0 Å². The Morgan fingerprint density at radius 1 is 0.559 bits per heavy atom. The number of aromatic nitrogens is 1. The molecule has 1 fully saturated rings. The first-order chi connectivity index (χ1) is 16.8. The standard InChI is InChI=1S/C31H24BrN2/c32-28-19-11-10-18-27(28)31-22-33(31)34-29(24-14-6-2-7-15-24)20-26(23-12-4-1-5-13-23)21-30(34)25-16-8-3-9-17-25/h1-21,31H,22H2/q+1. The molecule has 1 aromatic heterocycles. The summed E-state index contributed by atoms with van der Waals surface area (Å²) in [5, 5.41) is 2.46. The fourth-order valence-electron chi connectivity index (χ4n) is 4.65. The van der Waals surface area contributed by atoms with Gasteiger partial charge in [0, 0.05) is 27.7 Å². The van der Waals surface area contributed by atoms with Gasteiger partial charge < -0.3 is 0 Å². The normalized spacial score (nSPS) is 14.7. The van der Waals surface area contributed by atoms with Gasteiger partial charge in [0.1, 0.15) is 12.6 Å². The van der Waals surface area contributed by atoms with E-state index in [1.165, 1.54) is 39.2 Å². The Hall–Kier alpha value is -3.69. The van der Waals surface area contributed by atoms with E-state index in [4.69, 9.17) is 0 Å². The van der Waals surface area contributed by atoms with Gasteiger partial charge in [-0.3, -0.25) is 0 Å². The second-order valence-electron chi connectivity index (χ2n) is 8.58. The lowest BCUT2D eigenvalue weighted by Crippen LogP contribution is -2.49. The summed E-state index contributed by atoms with van der Waals surface area (Å²) in [5.41, 5.74) is 8.54. The van der Waals surface area contributed by atoms with Crippen molar-refractivity contribution in [2.24, 2.45) is 0 Å². The third-order valence-electron chi connectivity index (χ3n) is 6.39. The van der Waals surface area contributed by atoms with Crippen molar-refractivity contribution in [2.75, 3.05) is 11.6 Å². The van der Waals surface area contributed by atoms with Crippen LogP contribution in [0, 0.1) is 0 Å². The summed E-state index contributed by atoms with van der Waals surface area (Å²) in [6, 6.07) is 45.6. The van der Waals surface area contributed by atoms with Gasteiger partial charge in [0.15, 0.2) is 0 Å². The van der Waals surface area contributed by atoms with E-state index in [1.807, 2.05) is 0 Å². The Balaban J connectivity index is 1.59. The average molecular weight is 504 g/mol. The predicted molar refractivity (Wildman–Crippen MR) is 143 cm³/mol. The van der Waals surface area contributed by atoms with Crippen molar-refractivity contribution in [1.82, 2.24) is 0 Å². The molecule has 2 nitrogen and oxygen atoms in total. The van der Waals surface area contributed by atoms with Crippen molar-refractivity contribution < 1.29 is 4.68 Å². The molecule has 6 rings (SSSR count). The molecule has 0 saturated carbocycles. The molecule has 0 amide bonds. The fourth-order valence-corrected chi connectivity index (χ4v) is 5.20. The van der Waals surface area contributed by atoms with Crippen LogP contribution in [0.5, 0.6) is 0 Å². The SMILES string of the molecule is Brc1ccccc1C1CN1[n+]1c(-c2ccccc2)cc(-c2ccccc2)cc1-c1ccccc1. The molecule has 164 valence electrons. The van der Waals surface area contributed by atoms with Crippen molar-refractivity contribution in [1.29, 1.82) is 0 Å². The van der Waals surface area contributed by atoms with Crippen molar-refractivity contribution in [3.63, 3.8) is 0 Å². The molecule has 4 aromatic carbocycles. The minimum atomic E-state index is 0.327. The molecule has 3 heteroatoms. The topological polar surface area (TPSA) is 6.89 Å². The van der Waals surface area contributed by atoms with Crippen molar-refractivity contribution in [3.05, 3.63) is 137 Å². The van der Waals surface area contributed by atoms with E-state index in [9.17, 15) is 0 Å². The van der Waals surface area contributed by atoms with Crippen molar-refractivity contribution in [2.45, 2.75) is 6.04 Å². The lowest BCUT2D eigenvalue weighted by molar-refractivity contribution is -0.655. The summed E-state index contributed by atoms with van der Waals surface area (Å²) < 4.78 is 3.58. The molecule has 1 unspecified atom stereocenters. The van der Waals surface area contributed by atoms with Crippen LogP contribution in [0.2, 0.25) is 0 Å².